The Kier molecular flexibility index (Phi) is 7.60. The van der Waals surface area contributed by atoms with Crippen molar-refractivity contribution in [2.24, 2.45) is 0 Å². The number of carbonyl (C=O) groups is 2. The average Bonchev–Trinajstić information content (AvgIpc) is 3.38. The SMILES string of the molecule is CCN(CC)N(CC)C(=O)c1ccc(Nc2ncc(-c3ccc(CC(=O)O)cc3)n3ccnc23)cc1. The van der Waals surface area contributed by atoms with E-state index in [9.17, 15) is 9.59 Å². The Hall–Kier alpha value is -4.24. The summed E-state index contributed by atoms with van der Waals surface area (Å²) >= 11 is 0. The fourth-order valence-electron chi connectivity index (χ4n) is 4.21. The number of fused-ring (bicyclic) bond motifs is 1. The Morgan fingerprint density at radius 1 is 0.944 bits per heavy atom. The molecule has 0 bridgehead atoms. The molecule has 9 nitrogen and oxygen atoms in total. The monoisotopic (exact) mass is 486 g/mol. The van der Waals surface area contributed by atoms with Crippen LogP contribution in [0.4, 0.5) is 11.5 Å². The van der Waals surface area contributed by atoms with Crippen molar-refractivity contribution in [1.29, 1.82) is 0 Å². The molecule has 2 aromatic carbocycles. The van der Waals surface area contributed by atoms with Crippen molar-refractivity contribution >= 4 is 29.0 Å². The number of hydrogen-bond acceptors (Lipinski definition) is 6. The van der Waals surface area contributed by atoms with Crippen LogP contribution < -0.4 is 5.32 Å². The first-order chi connectivity index (χ1) is 17.4. The lowest BCUT2D eigenvalue weighted by Gasteiger charge is -2.32. The number of imidazole rings is 1. The van der Waals surface area contributed by atoms with E-state index in [0.29, 0.717) is 23.6 Å². The van der Waals surface area contributed by atoms with Crippen LogP contribution in [0.25, 0.3) is 16.9 Å². The molecular weight excluding hydrogens is 456 g/mol. The number of aliphatic carboxylic acids is 1. The first-order valence-corrected chi connectivity index (χ1v) is 12.0. The number of benzene rings is 2. The van der Waals surface area contributed by atoms with Gasteiger partial charge in [0.15, 0.2) is 11.5 Å². The van der Waals surface area contributed by atoms with Gasteiger partial charge < -0.3 is 10.4 Å². The Morgan fingerprint density at radius 2 is 1.64 bits per heavy atom. The van der Waals surface area contributed by atoms with Crippen LogP contribution in [0.15, 0.2) is 67.1 Å². The normalized spacial score (nSPS) is 11.1. The van der Waals surface area contributed by atoms with Gasteiger partial charge in [0.25, 0.3) is 5.91 Å². The molecule has 2 N–H and O–H groups in total. The topological polar surface area (TPSA) is 103 Å². The number of hydrogen-bond donors (Lipinski definition) is 2. The van der Waals surface area contributed by atoms with E-state index in [-0.39, 0.29) is 12.3 Å². The van der Waals surface area contributed by atoms with E-state index < -0.39 is 5.97 Å². The fourth-order valence-corrected chi connectivity index (χ4v) is 4.21. The summed E-state index contributed by atoms with van der Waals surface area (Å²) in [5.41, 5.74) is 4.55. The number of hydrazine groups is 1. The van der Waals surface area contributed by atoms with Crippen molar-refractivity contribution in [3.8, 4) is 11.3 Å². The molecular formula is C27H30N6O3. The minimum absolute atomic E-state index is 0.0157. The third-order valence-corrected chi connectivity index (χ3v) is 6.03. The molecule has 0 aliphatic rings. The minimum atomic E-state index is -0.860. The number of anilines is 2. The summed E-state index contributed by atoms with van der Waals surface area (Å²) in [7, 11) is 0. The zero-order chi connectivity index (χ0) is 25.7. The van der Waals surface area contributed by atoms with E-state index in [1.807, 2.05) is 72.8 Å². The molecule has 0 aliphatic heterocycles. The number of amides is 1. The highest BCUT2D eigenvalue weighted by atomic mass is 16.4. The summed E-state index contributed by atoms with van der Waals surface area (Å²) in [5.74, 6) is -0.301. The van der Waals surface area contributed by atoms with Crippen LogP contribution in [0.3, 0.4) is 0 Å². The van der Waals surface area contributed by atoms with Crippen molar-refractivity contribution in [2.75, 3.05) is 25.0 Å². The number of nitrogens with one attached hydrogen (secondary N) is 1. The standard InChI is InChI=1S/C27H30N6O3/c1-4-31(5-2)33(6-3)27(36)21-11-13-22(14-12-21)30-25-26-28-15-16-32(26)23(18-29-25)20-9-7-19(8-10-20)17-24(34)35/h7-16,18H,4-6,17H2,1-3H3,(H,29,30)(H,34,35). The summed E-state index contributed by atoms with van der Waals surface area (Å²) in [6.45, 7) is 8.19. The first kappa shape index (κ1) is 24.9. The molecule has 4 aromatic rings. The quantitative estimate of drug-likeness (QED) is 0.319. The number of aromatic nitrogens is 3. The van der Waals surface area contributed by atoms with Crippen molar-refractivity contribution in [1.82, 2.24) is 24.4 Å². The number of carbonyl (C=O) groups excluding carboxylic acids is 1. The fraction of sp³-hybridized carbons (Fsp3) is 0.259. The van der Waals surface area contributed by atoms with E-state index in [1.165, 1.54) is 0 Å². The maximum Gasteiger partial charge on any atom is 0.307 e. The maximum atomic E-state index is 13.0. The van der Waals surface area contributed by atoms with Gasteiger partial charge in [-0.05, 0) is 36.8 Å². The molecule has 2 aromatic heterocycles. The lowest BCUT2D eigenvalue weighted by Crippen LogP contribution is -2.46. The smallest absolute Gasteiger partial charge is 0.307 e. The number of rotatable bonds is 10. The maximum absolute atomic E-state index is 13.0. The van der Waals surface area contributed by atoms with Crippen LogP contribution in [-0.2, 0) is 11.2 Å². The summed E-state index contributed by atoms with van der Waals surface area (Å²) < 4.78 is 1.93. The van der Waals surface area contributed by atoms with Crippen LogP contribution in [0.1, 0.15) is 36.7 Å². The van der Waals surface area contributed by atoms with Crippen molar-refractivity contribution in [2.45, 2.75) is 27.2 Å². The molecule has 0 radical (unpaired) electrons. The average molecular weight is 487 g/mol. The molecule has 9 heteroatoms. The van der Waals surface area contributed by atoms with E-state index in [4.69, 9.17) is 5.11 Å². The van der Waals surface area contributed by atoms with Crippen LogP contribution >= 0.6 is 0 Å². The molecule has 1 amide bonds. The second kappa shape index (κ2) is 11.0. The van der Waals surface area contributed by atoms with Gasteiger partial charge in [-0.15, -0.1) is 0 Å². The van der Waals surface area contributed by atoms with Gasteiger partial charge in [0.05, 0.1) is 18.3 Å². The second-order valence-electron chi connectivity index (χ2n) is 8.24. The van der Waals surface area contributed by atoms with Gasteiger partial charge in [-0.25, -0.2) is 15.0 Å². The Bertz CT molecular complexity index is 1340. The molecule has 0 spiro atoms. The summed E-state index contributed by atoms with van der Waals surface area (Å²) in [5, 5.41) is 16.1. The zero-order valence-electron chi connectivity index (χ0n) is 20.7. The number of nitrogens with zero attached hydrogens (tertiary/aromatic N) is 5. The lowest BCUT2D eigenvalue weighted by molar-refractivity contribution is -0.136. The first-order valence-electron chi connectivity index (χ1n) is 12.0. The largest absolute Gasteiger partial charge is 0.481 e. The van der Waals surface area contributed by atoms with Gasteiger partial charge in [0.2, 0.25) is 0 Å². The van der Waals surface area contributed by atoms with Gasteiger partial charge in [-0.1, -0.05) is 38.1 Å². The van der Waals surface area contributed by atoms with Crippen molar-refractivity contribution < 1.29 is 14.7 Å². The summed E-state index contributed by atoms with van der Waals surface area (Å²) in [6, 6.07) is 14.7. The highest BCUT2D eigenvalue weighted by Gasteiger charge is 2.19. The molecule has 0 saturated carbocycles. The van der Waals surface area contributed by atoms with E-state index >= 15 is 0 Å². The van der Waals surface area contributed by atoms with Crippen molar-refractivity contribution in [3.05, 3.63) is 78.2 Å². The zero-order valence-corrected chi connectivity index (χ0v) is 20.7. The Balaban J connectivity index is 1.55. The van der Waals surface area contributed by atoms with Gasteiger partial charge in [0, 0.05) is 48.8 Å². The van der Waals surface area contributed by atoms with Crippen LogP contribution in [0, 0.1) is 0 Å². The molecule has 36 heavy (non-hydrogen) atoms. The molecule has 186 valence electrons. The van der Waals surface area contributed by atoms with E-state index in [2.05, 4.69) is 15.3 Å². The lowest BCUT2D eigenvalue weighted by atomic mass is 10.1. The number of carboxylic acid groups (broad SMARTS) is 1. The molecule has 4 rings (SSSR count). The van der Waals surface area contributed by atoms with Gasteiger partial charge >= 0.3 is 5.97 Å². The van der Waals surface area contributed by atoms with Crippen LogP contribution in [-0.4, -0.2) is 61.0 Å². The molecule has 0 saturated heterocycles. The molecule has 0 atom stereocenters. The van der Waals surface area contributed by atoms with Crippen LogP contribution in [0.2, 0.25) is 0 Å². The highest BCUT2D eigenvalue weighted by molar-refractivity contribution is 5.94. The minimum Gasteiger partial charge on any atom is -0.481 e. The van der Waals surface area contributed by atoms with Crippen molar-refractivity contribution in [3.63, 3.8) is 0 Å². The van der Waals surface area contributed by atoms with Gasteiger partial charge in [-0.3, -0.25) is 19.0 Å². The number of carboxylic acids is 1. The molecule has 0 fully saturated rings. The molecule has 0 unspecified atom stereocenters. The second-order valence-corrected chi connectivity index (χ2v) is 8.24. The predicted octanol–water partition coefficient (Wildman–Crippen LogP) is 4.49. The Morgan fingerprint density at radius 3 is 2.25 bits per heavy atom. The highest BCUT2D eigenvalue weighted by Crippen LogP contribution is 2.26. The third-order valence-electron chi connectivity index (χ3n) is 6.03. The van der Waals surface area contributed by atoms with Gasteiger partial charge in [0.1, 0.15) is 0 Å². The van der Waals surface area contributed by atoms with E-state index in [0.717, 1.165) is 35.6 Å². The van der Waals surface area contributed by atoms with Gasteiger partial charge in [-0.2, -0.15) is 0 Å². The molecule has 2 heterocycles. The van der Waals surface area contributed by atoms with E-state index in [1.54, 1.807) is 29.5 Å². The Labute approximate surface area is 210 Å². The summed E-state index contributed by atoms with van der Waals surface area (Å²) in [6.07, 6.45) is 5.30. The predicted molar refractivity (Wildman–Crippen MR) is 139 cm³/mol. The third kappa shape index (κ3) is 5.21. The molecule has 0 aliphatic carbocycles. The van der Waals surface area contributed by atoms with Crippen LogP contribution in [0.5, 0.6) is 0 Å². The summed E-state index contributed by atoms with van der Waals surface area (Å²) in [4.78, 5) is 33.0.